The first-order valence-corrected chi connectivity index (χ1v) is 11.3. The van der Waals surface area contributed by atoms with Crippen molar-refractivity contribution in [3.05, 3.63) is 89.8 Å². The third-order valence-electron chi connectivity index (χ3n) is 5.80. The van der Waals surface area contributed by atoms with E-state index in [2.05, 4.69) is 10.3 Å². The van der Waals surface area contributed by atoms with Crippen LogP contribution in [-0.4, -0.2) is 39.3 Å². The van der Waals surface area contributed by atoms with E-state index < -0.39 is 0 Å². The minimum atomic E-state index is -0.260. The zero-order valence-corrected chi connectivity index (χ0v) is 20.7. The van der Waals surface area contributed by atoms with Gasteiger partial charge in [-0.3, -0.25) is 9.78 Å². The first kappa shape index (κ1) is 24.6. The molecule has 1 amide bonds. The number of amides is 1. The van der Waals surface area contributed by atoms with Crippen molar-refractivity contribution in [1.82, 2.24) is 4.98 Å². The molecule has 0 aliphatic rings. The van der Waals surface area contributed by atoms with E-state index in [4.69, 9.17) is 18.9 Å². The largest absolute Gasteiger partial charge is 0.493 e. The predicted octanol–water partition coefficient (Wildman–Crippen LogP) is 5.51. The molecule has 7 heteroatoms. The van der Waals surface area contributed by atoms with E-state index in [0.717, 1.165) is 27.6 Å². The molecule has 0 saturated heterocycles. The lowest BCUT2D eigenvalue weighted by Gasteiger charge is -2.16. The monoisotopic (exact) mass is 484 g/mol. The molecule has 7 nitrogen and oxygen atoms in total. The third-order valence-corrected chi connectivity index (χ3v) is 5.80. The number of rotatable bonds is 9. The van der Waals surface area contributed by atoms with Crippen molar-refractivity contribution in [2.45, 2.75) is 6.42 Å². The van der Waals surface area contributed by atoms with E-state index in [1.165, 1.54) is 6.08 Å². The average molecular weight is 485 g/mol. The molecule has 0 saturated carbocycles. The molecule has 0 bridgehead atoms. The molecule has 1 heterocycles. The number of benzene rings is 3. The van der Waals surface area contributed by atoms with Crippen LogP contribution in [0.15, 0.2) is 72.9 Å². The SMILES string of the molecule is COc1cc(Cc2nccc3cc(OC)c(OC)cc23)c(NC(=O)C=Cc2ccccc2)cc1OC. The highest BCUT2D eigenvalue weighted by molar-refractivity contribution is 6.02. The van der Waals surface area contributed by atoms with Crippen LogP contribution in [0.25, 0.3) is 16.8 Å². The van der Waals surface area contributed by atoms with Crippen LogP contribution in [0, 0.1) is 0 Å². The van der Waals surface area contributed by atoms with E-state index in [1.807, 2.05) is 54.6 Å². The summed E-state index contributed by atoms with van der Waals surface area (Å²) in [5.74, 6) is 2.08. The van der Waals surface area contributed by atoms with Crippen LogP contribution in [-0.2, 0) is 11.2 Å². The number of pyridine rings is 1. The average Bonchev–Trinajstić information content (AvgIpc) is 2.92. The lowest BCUT2D eigenvalue weighted by atomic mass is 10.0. The van der Waals surface area contributed by atoms with Crippen molar-refractivity contribution in [2.75, 3.05) is 33.8 Å². The number of hydrogen-bond donors (Lipinski definition) is 1. The van der Waals surface area contributed by atoms with Gasteiger partial charge < -0.3 is 24.3 Å². The molecule has 1 N–H and O–H groups in total. The number of ether oxygens (including phenoxy) is 4. The van der Waals surface area contributed by atoms with Crippen molar-refractivity contribution in [3.63, 3.8) is 0 Å². The van der Waals surface area contributed by atoms with Gasteiger partial charge in [0.2, 0.25) is 5.91 Å². The van der Waals surface area contributed by atoms with Crippen LogP contribution in [0.5, 0.6) is 23.0 Å². The molecule has 4 aromatic rings. The van der Waals surface area contributed by atoms with Crippen molar-refractivity contribution >= 4 is 28.4 Å². The molecule has 36 heavy (non-hydrogen) atoms. The van der Waals surface area contributed by atoms with Gasteiger partial charge in [0.1, 0.15) is 0 Å². The lowest BCUT2D eigenvalue weighted by Crippen LogP contribution is -2.11. The van der Waals surface area contributed by atoms with Crippen LogP contribution in [0.1, 0.15) is 16.8 Å². The lowest BCUT2D eigenvalue weighted by molar-refractivity contribution is -0.111. The number of nitrogens with zero attached hydrogens (tertiary/aromatic N) is 1. The fourth-order valence-corrected chi connectivity index (χ4v) is 3.98. The maximum Gasteiger partial charge on any atom is 0.248 e. The Morgan fingerprint density at radius 3 is 2.17 bits per heavy atom. The molecule has 0 radical (unpaired) electrons. The number of carbonyl (C=O) groups is 1. The first-order chi connectivity index (χ1) is 17.6. The second kappa shape index (κ2) is 11.3. The van der Waals surface area contributed by atoms with Gasteiger partial charge in [-0.2, -0.15) is 0 Å². The number of hydrogen-bond acceptors (Lipinski definition) is 6. The molecule has 0 aliphatic carbocycles. The normalized spacial score (nSPS) is 10.9. The van der Waals surface area contributed by atoms with Gasteiger partial charge in [0.25, 0.3) is 0 Å². The molecular formula is C29H28N2O5. The van der Waals surface area contributed by atoms with Gasteiger partial charge in [0, 0.05) is 35.8 Å². The molecule has 0 atom stereocenters. The summed E-state index contributed by atoms with van der Waals surface area (Å²) in [5, 5.41) is 4.87. The summed E-state index contributed by atoms with van der Waals surface area (Å²) in [7, 11) is 6.35. The Morgan fingerprint density at radius 2 is 1.47 bits per heavy atom. The maximum absolute atomic E-state index is 12.8. The molecule has 0 spiro atoms. The summed E-state index contributed by atoms with van der Waals surface area (Å²) in [6.07, 6.45) is 5.46. The fourth-order valence-electron chi connectivity index (χ4n) is 3.98. The van der Waals surface area contributed by atoms with Gasteiger partial charge in [-0.05, 0) is 46.9 Å². The molecule has 0 fully saturated rings. The fraction of sp³-hybridized carbons (Fsp3) is 0.172. The van der Waals surface area contributed by atoms with Gasteiger partial charge in [0.05, 0.1) is 34.1 Å². The maximum atomic E-state index is 12.8. The summed E-state index contributed by atoms with van der Waals surface area (Å²) in [4.78, 5) is 17.4. The Balaban J connectivity index is 1.72. The molecule has 0 unspecified atom stereocenters. The quantitative estimate of drug-likeness (QED) is 0.316. The zero-order chi connectivity index (χ0) is 25.5. The number of nitrogens with one attached hydrogen (secondary N) is 1. The minimum Gasteiger partial charge on any atom is -0.493 e. The van der Waals surface area contributed by atoms with Crippen LogP contribution in [0.2, 0.25) is 0 Å². The van der Waals surface area contributed by atoms with Crippen molar-refractivity contribution < 1.29 is 23.7 Å². The van der Waals surface area contributed by atoms with Crippen molar-refractivity contribution in [2.24, 2.45) is 0 Å². The molecular weight excluding hydrogens is 456 g/mol. The number of fused-ring (bicyclic) bond motifs is 1. The van der Waals surface area contributed by atoms with Crippen LogP contribution >= 0.6 is 0 Å². The standard InChI is InChI=1S/C29H28N2O5/c1-33-25-15-20-12-13-30-24(22(20)17-27(25)35-3)14-21-16-26(34-2)28(36-4)18-23(21)31-29(32)11-10-19-8-6-5-7-9-19/h5-13,15-18H,14H2,1-4H3,(H,31,32). The molecule has 3 aromatic carbocycles. The first-order valence-electron chi connectivity index (χ1n) is 11.3. The van der Waals surface area contributed by atoms with E-state index in [-0.39, 0.29) is 5.91 Å². The predicted molar refractivity (Wildman–Crippen MR) is 141 cm³/mol. The highest BCUT2D eigenvalue weighted by Crippen LogP contribution is 2.37. The van der Waals surface area contributed by atoms with Crippen molar-refractivity contribution in [3.8, 4) is 23.0 Å². The van der Waals surface area contributed by atoms with Gasteiger partial charge in [0.15, 0.2) is 23.0 Å². The van der Waals surface area contributed by atoms with Crippen LogP contribution in [0.3, 0.4) is 0 Å². The van der Waals surface area contributed by atoms with Crippen LogP contribution in [0.4, 0.5) is 5.69 Å². The summed E-state index contributed by atoms with van der Waals surface area (Å²) < 4.78 is 22.0. The van der Waals surface area contributed by atoms with Gasteiger partial charge >= 0.3 is 0 Å². The van der Waals surface area contributed by atoms with E-state index in [0.29, 0.717) is 35.1 Å². The number of carbonyl (C=O) groups excluding carboxylic acids is 1. The molecule has 1 aromatic heterocycles. The van der Waals surface area contributed by atoms with Gasteiger partial charge in [-0.15, -0.1) is 0 Å². The highest BCUT2D eigenvalue weighted by Gasteiger charge is 2.16. The van der Waals surface area contributed by atoms with Crippen LogP contribution < -0.4 is 24.3 Å². The summed E-state index contributed by atoms with van der Waals surface area (Å²) in [6, 6.07) is 19.0. The van der Waals surface area contributed by atoms with Crippen molar-refractivity contribution in [1.29, 1.82) is 0 Å². The van der Waals surface area contributed by atoms with E-state index in [1.54, 1.807) is 46.8 Å². The summed E-state index contributed by atoms with van der Waals surface area (Å²) >= 11 is 0. The Bertz CT molecular complexity index is 1400. The highest BCUT2D eigenvalue weighted by atomic mass is 16.5. The smallest absolute Gasteiger partial charge is 0.248 e. The number of aromatic nitrogens is 1. The Morgan fingerprint density at radius 1 is 0.833 bits per heavy atom. The van der Waals surface area contributed by atoms with Gasteiger partial charge in [-0.1, -0.05) is 30.3 Å². The summed E-state index contributed by atoms with van der Waals surface area (Å²) in [5.41, 5.74) is 3.18. The summed E-state index contributed by atoms with van der Waals surface area (Å²) in [6.45, 7) is 0. The third kappa shape index (κ3) is 5.41. The Labute approximate surface area is 210 Å². The Kier molecular flexibility index (Phi) is 7.70. The minimum absolute atomic E-state index is 0.260. The van der Waals surface area contributed by atoms with E-state index in [9.17, 15) is 4.79 Å². The molecule has 0 aliphatic heterocycles. The Hall–Kier alpha value is -4.52. The second-order valence-electron chi connectivity index (χ2n) is 7.96. The van der Waals surface area contributed by atoms with Gasteiger partial charge in [-0.25, -0.2) is 0 Å². The zero-order valence-electron chi connectivity index (χ0n) is 20.7. The second-order valence-corrected chi connectivity index (χ2v) is 7.96. The topological polar surface area (TPSA) is 78.9 Å². The van der Waals surface area contributed by atoms with E-state index >= 15 is 0 Å². The number of anilines is 1. The molecule has 4 rings (SSSR count). The molecule has 184 valence electrons. The number of methoxy groups -OCH3 is 4.